The summed E-state index contributed by atoms with van der Waals surface area (Å²) in [5, 5.41) is 2.45. The van der Waals surface area contributed by atoms with Crippen LogP contribution >= 0.6 is 11.5 Å². The lowest BCUT2D eigenvalue weighted by Gasteiger charge is -2.28. The highest BCUT2D eigenvalue weighted by molar-refractivity contribution is 7.09. The van der Waals surface area contributed by atoms with E-state index in [1.165, 1.54) is 11.8 Å². The van der Waals surface area contributed by atoms with Crippen molar-refractivity contribution in [1.82, 2.24) is 9.69 Å². The Labute approximate surface area is 177 Å². The van der Waals surface area contributed by atoms with Gasteiger partial charge < -0.3 is 21.5 Å². The predicted octanol–water partition coefficient (Wildman–Crippen LogP) is 0.847. The minimum Gasteiger partial charge on any atom is -0.465 e. The number of primary amides is 1. The molecular weight excluding hydrogens is 410 g/mol. The largest absolute Gasteiger partial charge is 0.465 e. The highest BCUT2D eigenvalue weighted by Gasteiger charge is 2.32. The first-order chi connectivity index (χ1) is 14.2. The molecule has 2 rings (SSSR count). The van der Waals surface area contributed by atoms with E-state index in [0.29, 0.717) is 5.69 Å². The number of carbonyl (C=O) groups is 4. The van der Waals surface area contributed by atoms with Crippen LogP contribution in [0.3, 0.4) is 0 Å². The van der Waals surface area contributed by atoms with Crippen LogP contribution in [-0.4, -0.2) is 47.3 Å². The molecule has 1 aromatic heterocycles. The monoisotopic (exact) mass is 433 g/mol. The number of hydrogen-bond acceptors (Lipinski definition) is 8. The zero-order valence-corrected chi connectivity index (χ0v) is 17.6. The fraction of sp³-hybridized carbons (Fsp3) is 0.316. The number of nitrogens with two attached hydrogens (primary N) is 2. The van der Waals surface area contributed by atoms with Gasteiger partial charge in [-0.15, -0.1) is 0 Å². The van der Waals surface area contributed by atoms with Gasteiger partial charge in [0.15, 0.2) is 5.69 Å². The minimum absolute atomic E-state index is 0.0191. The number of esters is 1. The Morgan fingerprint density at radius 3 is 2.40 bits per heavy atom. The van der Waals surface area contributed by atoms with E-state index in [4.69, 9.17) is 16.2 Å². The first kappa shape index (κ1) is 22.8. The van der Waals surface area contributed by atoms with Crippen LogP contribution in [0.2, 0.25) is 0 Å². The Kier molecular flexibility index (Phi) is 7.48. The molecule has 1 atom stereocenters. The number of hydrogen-bond donors (Lipinski definition) is 3. The molecule has 0 saturated carbocycles. The fourth-order valence-electron chi connectivity index (χ4n) is 2.60. The second kappa shape index (κ2) is 9.83. The molecule has 0 aliphatic heterocycles. The van der Waals surface area contributed by atoms with Gasteiger partial charge in [-0.2, -0.15) is 4.37 Å². The van der Waals surface area contributed by atoms with Crippen molar-refractivity contribution in [2.45, 2.75) is 26.8 Å². The van der Waals surface area contributed by atoms with E-state index in [2.05, 4.69) is 9.69 Å². The third kappa shape index (κ3) is 5.11. The summed E-state index contributed by atoms with van der Waals surface area (Å²) >= 11 is 0.720. The summed E-state index contributed by atoms with van der Waals surface area (Å²) in [5.41, 5.74) is 12.2. The minimum atomic E-state index is -1.01. The van der Waals surface area contributed by atoms with E-state index in [-0.39, 0.29) is 29.4 Å². The number of aromatic nitrogens is 1. The van der Waals surface area contributed by atoms with Gasteiger partial charge in [-0.3, -0.25) is 24.1 Å². The number of rotatable bonds is 8. The van der Waals surface area contributed by atoms with E-state index < -0.39 is 29.7 Å². The van der Waals surface area contributed by atoms with Crippen molar-refractivity contribution in [1.29, 1.82) is 0 Å². The average molecular weight is 433 g/mol. The summed E-state index contributed by atoms with van der Waals surface area (Å²) in [6.07, 6.45) is 0. The Bertz CT molecular complexity index is 957. The second-order valence-corrected chi connectivity index (χ2v) is 7.12. The van der Waals surface area contributed by atoms with Crippen LogP contribution in [0.1, 0.15) is 39.6 Å². The van der Waals surface area contributed by atoms with Gasteiger partial charge >= 0.3 is 5.97 Å². The number of ether oxygens (including phenoxy) is 1. The third-order valence-corrected chi connectivity index (χ3v) is 5.02. The molecule has 0 aliphatic rings. The Balaban J connectivity index is 2.36. The number of aryl methyl sites for hydroxylation is 1. The summed E-state index contributed by atoms with van der Waals surface area (Å²) in [6, 6.07) is 5.91. The van der Waals surface area contributed by atoms with E-state index in [1.807, 2.05) is 6.92 Å². The van der Waals surface area contributed by atoms with Crippen LogP contribution < -0.4 is 21.7 Å². The predicted molar refractivity (Wildman–Crippen MR) is 112 cm³/mol. The van der Waals surface area contributed by atoms with Gasteiger partial charge in [0, 0.05) is 5.69 Å². The van der Waals surface area contributed by atoms with E-state index in [9.17, 15) is 19.2 Å². The zero-order valence-electron chi connectivity index (χ0n) is 16.8. The standard InChI is InChI=1S/C19H23N5O5S/c1-4-29-13(25)9-22-18(27)11(3)24(12-7-5-10(2)6-8-12)19(28)16-14(20)15(17(21)26)23-30-16/h5-8,11H,4,9,20H2,1-3H3,(H2,21,26)(H,22,27)/t11-/m0/s1. The van der Waals surface area contributed by atoms with Crippen molar-refractivity contribution in [3.63, 3.8) is 0 Å². The molecule has 0 saturated heterocycles. The lowest BCUT2D eigenvalue weighted by Crippen LogP contribution is -2.49. The zero-order chi connectivity index (χ0) is 22.4. The highest BCUT2D eigenvalue weighted by atomic mass is 32.1. The molecule has 0 spiro atoms. The topological polar surface area (TPSA) is 158 Å². The first-order valence-electron chi connectivity index (χ1n) is 9.05. The smallest absolute Gasteiger partial charge is 0.325 e. The van der Waals surface area contributed by atoms with Crippen LogP contribution in [0.15, 0.2) is 24.3 Å². The number of amides is 3. The molecule has 0 fully saturated rings. The molecule has 0 radical (unpaired) electrons. The van der Waals surface area contributed by atoms with Gasteiger partial charge in [-0.05, 0) is 44.4 Å². The van der Waals surface area contributed by atoms with Gasteiger partial charge in [-0.25, -0.2) is 0 Å². The molecule has 0 bridgehead atoms. The average Bonchev–Trinajstić information content (AvgIpc) is 3.09. The maximum absolute atomic E-state index is 13.3. The van der Waals surface area contributed by atoms with Gasteiger partial charge in [0.1, 0.15) is 17.5 Å². The molecule has 2 aromatic rings. The van der Waals surface area contributed by atoms with Gasteiger partial charge in [0.25, 0.3) is 11.8 Å². The van der Waals surface area contributed by atoms with Crippen molar-refractivity contribution in [2.24, 2.45) is 5.73 Å². The molecule has 160 valence electrons. The highest BCUT2D eigenvalue weighted by Crippen LogP contribution is 2.27. The quantitative estimate of drug-likeness (QED) is 0.521. The Morgan fingerprint density at radius 1 is 1.23 bits per heavy atom. The number of anilines is 2. The van der Waals surface area contributed by atoms with E-state index in [1.54, 1.807) is 31.2 Å². The molecule has 5 N–H and O–H groups in total. The van der Waals surface area contributed by atoms with E-state index >= 15 is 0 Å². The molecule has 0 aliphatic carbocycles. The van der Waals surface area contributed by atoms with Crippen molar-refractivity contribution in [2.75, 3.05) is 23.8 Å². The summed E-state index contributed by atoms with van der Waals surface area (Å²) in [7, 11) is 0. The number of nitrogen functional groups attached to an aromatic ring is 1. The lowest BCUT2D eigenvalue weighted by atomic mass is 10.1. The van der Waals surface area contributed by atoms with Crippen molar-refractivity contribution >= 4 is 46.6 Å². The van der Waals surface area contributed by atoms with Gasteiger partial charge in [0.2, 0.25) is 5.91 Å². The van der Waals surface area contributed by atoms with Crippen LogP contribution in [0.5, 0.6) is 0 Å². The summed E-state index contributed by atoms with van der Waals surface area (Å²) in [5.74, 6) is -2.65. The second-order valence-electron chi connectivity index (χ2n) is 6.35. The SMILES string of the molecule is CCOC(=O)CNC(=O)[C@H](C)N(C(=O)c1snc(C(N)=O)c1N)c1ccc(C)cc1. The maximum Gasteiger partial charge on any atom is 0.325 e. The molecule has 30 heavy (non-hydrogen) atoms. The summed E-state index contributed by atoms with van der Waals surface area (Å²) in [4.78, 5) is 50.1. The molecular formula is C19H23N5O5S. The van der Waals surface area contributed by atoms with E-state index in [0.717, 1.165) is 17.1 Å². The van der Waals surface area contributed by atoms with Gasteiger partial charge in [-0.1, -0.05) is 17.7 Å². The summed E-state index contributed by atoms with van der Waals surface area (Å²) < 4.78 is 8.63. The third-order valence-electron chi connectivity index (χ3n) is 4.17. The first-order valence-corrected chi connectivity index (χ1v) is 9.83. The molecule has 3 amide bonds. The Hall–Kier alpha value is -3.47. The lowest BCUT2D eigenvalue weighted by molar-refractivity contribution is -0.143. The number of nitrogens with one attached hydrogen (secondary N) is 1. The molecule has 1 heterocycles. The summed E-state index contributed by atoms with van der Waals surface area (Å²) in [6.45, 7) is 4.89. The fourth-order valence-corrected chi connectivity index (χ4v) is 3.34. The number of carbonyl (C=O) groups excluding carboxylic acids is 4. The van der Waals surface area contributed by atoms with Crippen molar-refractivity contribution in [3.05, 3.63) is 40.4 Å². The van der Waals surface area contributed by atoms with Crippen LogP contribution in [0.4, 0.5) is 11.4 Å². The maximum atomic E-state index is 13.3. The molecule has 0 unspecified atom stereocenters. The van der Waals surface area contributed by atoms with Crippen LogP contribution in [0, 0.1) is 6.92 Å². The normalized spacial score (nSPS) is 11.4. The Morgan fingerprint density at radius 2 is 1.87 bits per heavy atom. The van der Waals surface area contributed by atoms with Crippen molar-refractivity contribution < 1.29 is 23.9 Å². The molecule has 1 aromatic carbocycles. The van der Waals surface area contributed by atoms with Gasteiger partial charge in [0.05, 0.1) is 12.3 Å². The number of benzene rings is 1. The number of nitrogens with zero attached hydrogens (tertiary/aromatic N) is 2. The van der Waals surface area contributed by atoms with Crippen LogP contribution in [-0.2, 0) is 14.3 Å². The molecule has 11 heteroatoms. The van der Waals surface area contributed by atoms with Crippen molar-refractivity contribution in [3.8, 4) is 0 Å². The van der Waals surface area contributed by atoms with Crippen LogP contribution in [0.25, 0.3) is 0 Å². The molecule has 10 nitrogen and oxygen atoms in total.